The van der Waals surface area contributed by atoms with E-state index in [0.29, 0.717) is 11.8 Å². The van der Waals surface area contributed by atoms with Gasteiger partial charge in [-0.3, -0.25) is 0 Å². The smallest absolute Gasteiger partial charge is 0.135 e. The molecule has 0 aliphatic heterocycles. The second kappa shape index (κ2) is 5.94. The van der Waals surface area contributed by atoms with Crippen LogP contribution in [0.25, 0.3) is 0 Å². The lowest BCUT2D eigenvalue weighted by atomic mass is 10.3. The molecule has 0 spiro atoms. The molecule has 0 atom stereocenters. The number of benzene rings is 1. The number of rotatable bonds is 4. The number of halogens is 1. The first-order valence-corrected chi connectivity index (χ1v) is 6.76. The standard InChI is InChI=1S/C13H12ClNOS/c1-17-12-6-4-11(5-7-12)16-9-10-3-2-8-15-13(10)14/h2-8H,9H2,1H3. The molecule has 0 amide bonds. The summed E-state index contributed by atoms with van der Waals surface area (Å²) >= 11 is 7.65. The minimum atomic E-state index is 0.436. The lowest BCUT2D eigenvalue weighted by molar-refractivity contribution is 0.305. The maximum atomic E-state index is 5.94. The van der Waals surface area contributed by atoms with Crippen LogP contribution >= 0.6 is 23.4 Å². The molecule has 1 aromatic heterocycles. The number of hydrogen-bond donors (Lipinski definition) is 0. The van der Waals surface area contributed by atoms with Crippen LogP contribution in [0.4, 0.5) is 0 Å². The predicted octanol–water partition coefficient (Wildman–Crippen LogP) is 4.04. The number of nitrogens with zero attached hydrogens (tertiary/aromatic N) is 1. The molecule has 2 nitrogen and oxygen atoms in total. The van der Waals surface area contributed by atoms with E-state index in [4.69, 9.17) is 16.3 Å². The Bertz CT molecular complexity index is 487. The van der Waals surface area contributed by atoms with Crippen LogP contribution in [0.1, 0.15) is 5.56 Å². The fourth-order valence-corrected chi connectivity index (χ4v) is 1.94. The number of pyridine rings is 1. The van der Waals surface area contributed by atoms with Gasteiger partial charge in [-0.2, -0.15) is 0 Å². The van der Waals surface area contributed by atoms with E-state index in [1.165, 1.54) is 4.90 Å². The van der Waals surface area contributed by atoms with Gasteiger partial charge in [-0.15, -0.1) is 11.8 Å². The minimum Gasteiger partial charge on any atom is -0.489 e. The quantitative estimate of drug-likeness (QED) is 0.615. The highest BCUT2D eigenvalue weighted by molar-refractivity contribution is 7.98. The lowest BCUT2D eigenvalue weighted by Crippen LogP contribution is -1.97. The van der Waals surface area contributed by atoms with Gasteiger partial charge in [0.25, 0.3) is 0 Å². The van der Waals surface area contributed by atoms with E-state index in [2.05, 4.69) is 4.98 Å². The maximum absolute atomic E-state index is 5.94. The zero-order valence-electron chi connectivity index (χ0n) is 9.39. The third kappa shape index (κ3) is 3.38. The maximum Gasteiger partial charge on any atom is 0.135 e. The monoisotopic (exact) mass is 265 g/mol. The van der Waals surface area contributed by atoms with Crippen molar-refractivity contribution in [2.45, 2.75) is 11.5 Å². The van der Waals surface area contributed by atoms with Crippen LogP contribution in [0.2, 0.25) is 5.15 Å². The molecule has 0 fully saturated rings. The van der Waals surface area contributed by atoms with Crippen LogP contribution in [0.15, 0.2) is 47.5 Å². The number of thioether (sulfide) groups is 1. The van der Waals surface area contributed by atoms with Crippen LogP contribution in [0.3, 0.4) is 0 Å². The third-order valence-electron chi connectivity index (χ3n) is 2.29. The van der Waals surface area contributed by atoms with Crippen LogP contribution in [0.5, 0.6) is 5.75 Å². The van der Waals surface area contributed by atoms with Crippen molar-refractivity contribution in [3.8, 4) is 5.75 Å². The summed E-state index contributed by atoms with van der Waals surface area (Å²) in [7, 11) is 0. The van der Waals surface area contributed by atoms with Gasteiger partial charge in [0.15, 0.2) is 0 Å². The van der Waals surface area contributed by atoms with Gasteiger partial charge >= 0.3 is 0 Å². The van der Waals surface area contributed by atoms with E-state index in [0.717, 1.165) is 11.3 Å². The normalized spacial score (nSPS) is 10.2. The Hall–Kier alpha value is -1.19. The van der Waals surface area contributed by atoms with Crippen molar-refractivity contribution in [3.05, 3.63) is 53.3 Å². The average molecular weight is 266 g/mol. The molecule has 4 heteroatoms. The molecule has 0 radical (unpaired) electrons. The Morgan fingerprint density at radius 2 is 2.00 bits per heavy atom. The zero-order valence-corrected chi connectivity index (χ0v) is 11.0. The fourth-order valence-electron chi connectivity index (χ4n) is 1.36. The summed E-state index contributed by atoms with van der Waals surface area (Å²) in [5, 5.41) is 0.494. The number of ether oxygens (including phenoxy) is 1. The van der Waals surface area contributed by atoms with Gasteiger partial charge in [0.05, 0.1) is 0 Å². The minimum absolute atomic E-state index is 0.436. The second-order valence-corrected chi connectivity index (χ2v) is 4.66. The highest BCUT2D eigenvalue weighted by atomic mass is 35.5. The molecule has 88 valence electrons. The molecule has 2 rings (SSSR count). The molecule has 0 unspecified atom stereocenters. The molecule has 0 bridgehead atoms. The van der Waals surface area contributed by atoms with E-state index in [-0.39, 0.29) is 0 Å². The molecule has 0 saturated heterocycles. The van der Waals surface area contributed by atoms with E-state index < -0.39 is 0 Å². The molecule has 0 aliphatic rings. The number of aromatic nitrogens is 1. The van der Waals surface area contributed by atoms with Crippen LogP contribution in [0, 0.1) is 0 Å². The zero-order chi connectivity index (χ0) is 12.1. The Labute approximate surface area is 110 Å². The van der Waals surface area contributed by atoms with Crippen molar-refractivity contribution in [1.29, 1.82) is 0 Å². The van der Waals surface area contributed by atoms with Gasteiger partial charge in [-0.25, -0.2) is 4.98 Å². The topological polar surface area (TPSA) is 22.1 Å². The molecule has 0 saturated carbocycles. The van der Waals surface area contributed by atoms with Crippen molar-refractivity contribution in [2.24, 2.45) is 0 Å². The van der Waals surface area contributed by atoms with Crippen molar-refractivity contribution in [2.75, 3.05) is 6.26 Å². The Morgan fingerprint density at radius 3 is 2.65 bits per heavy atom. The van der Waals surface area contributed by atoms with Crippen LogP contribution in [-0.4, -0.2) is 11.2 Å². The summed E-state index contributed by atoms with van der Waals surface area (Å²) < 4.78 is 5.64. The van der Waals surface area contributed by atoms with Gasteiger partial charge in [0.1, 0.15) is 17.5 Å². The first-order valence-electron chi connectivity index (χ1n) is 5.16. The third-order valence-corrected chi connectivity index (χ3v) is 3.37. The molecule has 2 aromatic rings. The molecule has 1 heterocycles. The van der Waals surface area contributed by atoms with E-state index in [1.54, 1.807) is 18.0 Å². The highest BCUT2D eigenvalue weighted by Gasteiger charge is 2.01. The molecular weight excluding hydrogens is 254 g/mol. The SMILES string of the molecule is CSc1ccc(OCc2cccnc2Cl)cc1. The van der Waals surface area contributed by atoms with Gasteiger partial charge in [0.2, 0.25) is 0 Å². The van der Waals surface area contributed by atoms with Gasteiger partial charge in [-0.05, 0) is 36.6 Å². The molecular formula is C13H12ClNOS. The van der Waals surface area contributed by atoms with E-state index >= 15 is 0 Å². The second-order valence-electron chi connectivity index (χ2n) is 3.42. The van der Waals surface area contributed by atoms with Crippen molar-refractivity contribution < 1.29 is 4.74 Å². The summed E-state index contributed by atoms with van der Waals surface area (Å²) in [6.07, 6.45) is 3.71. The average Bonchev–Trinajstić information content (AvgIpc) is 2.38. The van der Waals surface area contributed by atoms with Crippen molar-refractivity contribution in [3.63, 3.8) is 0 Å². The Morgan fingerprint density at radius 1 is 1.24 bits per heavy atom. The summed E-state index contributed by atoms with van der Waals surface area (Å²) in [4.78, 5) is 5.22. The van der Waals surface area contributed by atoms with Crippen molar-refractivity contribution in [1.82, 2.24) is 4.98 Å². The molecule has 1 aromatic carbocycles. The van der Waals surface area contributed by atoms with Crippen LogP contribution in [-0.2, 0) is 6.61 Å². The van der Waals surface area contributed by atoms with Crippen LogP contribution < -0.4 is 4.74 Å². The highest BCUT2D eigenvalue weighted by Crippen LogP contribution is 2.20. The Balaban J connectivity index is 2.00. The Kier molecular flexibility index (Phi) is 4.29. The summed E-state index contributed by atoms with van der Waals surface area (Å²) in [5.74, 6) is 0.836. The summed E-state index contributed by atoms with van der Waals surface area (Å²) in [6, 6.07) is 11.7. The fraction of sp³-hybridized carbons (Fsp3) is 0.154. The molecule has 17 heavy (non-hydrogen) atoms. The van der Waals surface area contributed by atoms with Gasteiger partial charge in [0, 0.05) is 16.7 Å². The predicted molar refractivity (Wildman–Crippen MR) is 71.8 cm³/mol. The lowest BCUT2D eigenvalue weighted by Gasteiger charge is -2.07. The molecule has 0 aliphatic carbocycles. The number of hydrogen-bond acceptors (Lipinski definition) is 3. The van der Waals surface area contributed by atoms with Gasteiger partial charge in [-0.1, -0.05) is 17.7 Å². The first kappa shape index (κ1) is 12.3. The van der Waals surface area contributed by atoms with E-state index in [1.807, 2.05) is 42.7 Å². The molecule has 0 N–H and O–H groups in total. The van der Waals surface area contributed by atoms with E-state index in [9.17, 15) is 0 Å². The first-order chi connectivity index (χ1) is 8.29. The van der Waals surface area contributed by atoms with Crippen molar-refractivity contribution >= 4 is 23.4 Å². The van der Waals surface area contributed by atoms with Gasteiger partial charge < -0.3 is 4.74 Å². The largest absolute Gasteiger partial charge is 0.489 e. The summed E-state index contributed by atoms with van der Waals surface area (Å²) in [5.41, 5.74) is 0.892. The summed E-state index contributed by atoms with van der Waals surface area (Å²) in [6.45, 7) is 0.436.